The van der Waals surface area contributed by atoms with Gasteiger partial charge in [-0.05, 0) is 0 Å². The van der Waals surface area contributed by atoms with Gasteiger partial charge in [-0.25, -0.2) is 0 Å². The van der Waals surface area contributed by atoms with Gasteiger partial charge in [-0.1, -0.05) is 0 Å². The topological polar surface area (TPSA) is 0 Å². The van der Waals surface area contributed by atoms with Crippen LogP contribution in [0.2, 0.25) is 0 Å². The number of rotatable bonds is 1. The van der Waals surface area contributed by atoms with E-state index in [1.807, 2.05) is 11.8 Å². The van der Waals surface area contributed by atoms with Gasteiger partial charge in [-0.3, -0.25) is 0 Å². The molecule has 0 aromatic heterocycles. The predicted molar refractivity (Wildman–Crippen MR) is 77.1 cm³/mol. The van der Waals surface area contributed by atoms with E-state index in [1.54, 1.807) is 8.05 Å². The van der Waals surface area contributed by atoms with Crippen molar-refractivity contribution in [1.29, 1.82) is 0 Å². The van der Waals surface area contributed by atoms with E-state index in [2.05, 4.69) is 64.4 Å². The van der Waals surface area contributed by atoms with Gasteiger partial charge in [-0.2, -0.15) is 0 Å². The van der Waals surface area contributed by atoms with E-state index in [4.69, 9.17) is 0 Å². The van der Waals surface area contributed by atoms with Crippen LogP contribution in [0.4, 0.5) is 0 Å². The number of hydrogen-bond donors (Lipinski definition) is 0. The number of benzene rings is 1. The zero-order chi connectivity index (χ0) is 10.3. The van der Waals surface area contributed by atoms with Crippen LogP contribution in [0, 0.1) is 5.92 Å². The molecule has 2 aliphatic heterocycles. The van der Waals surface area contributed by atoms with E-state index in [0.29, 0.717) is 20.9 Å². The zero-order valence-electron chi connectivity index (χ0n) is 7.89. The first-order valence-electron chi connectivity index (χ1n) is 4.80. The second kappa shape index (κ2) is 4.28. The quantitative estimate of drug-likeness (QED) is 0.520. The molecule has 76 valence electrons. The fourth-order valence-electron chi connectivity index (χ4n) is 1.81. The van der Waals surface area contributed by atoms with Crippen LogP contribution in [-0.4, -0.2) is 19.1 Å². The van der Waals surface area contributed by atoms with E-state index >= 15 is 0 Å². The molecule has 2 atom stereocenters. The van der Waals surface area contributed by atoms with Gasteiger partial charge in [0, 0.05) is 0 Å². The Bertz CT molecular complexity index is 438. The molecule has 0 bridgehead atoms. The first kappa shape index (κ1) is 10.5. The number of hydrogen-bond acceptors (Lipinski definition) is 1. The van der Waals surface area contributed by atoms with Gasteiger partial charge in [0.15, 0.2) is 0 Å². The third kappa shape index (κ3) is 1.84. The normalized spacial score (nSPS) is 28.6. The molecule has 0 saturated carbocycles. The summed E-state index contributed by atoms with van der Waals surface area (Å²) in [4.78, 5) is 0. The summed E-state index contributed by atoms with van der Waals surface area (Å²) >= 11 is 5.20. The van der Waals surface area contributed by atoms with Crippen LogP contribution in [0.25, 0.3) is 4.47 Å². The number of halogens is 1. The van der Waals surface area contributed by atoms with Crippen LogP contribution in [0.1, 0.15) is 5.56 Å². The average molecular weight is 391 g/mol. The van der Waals surface area contributed by atoms with Crippen LogP contribution < -0.4 is 0 Å². The van der Waals surface area contributed by atoms with E-state index in [9.17, 15) is 0 Å². The Morgan fingerprint density at radius 1 is 1.20 bits per heavy atom. The molecule has 0 radical (unpaired) electrons. The van der Waals surface area contributed by atoms with Crippen LogP contribution in [0.5, 0.6) is 0 Å². The fourth-order valence-corrected chi connectivity index (χ4v) is 8.62. The van der Waals surface area contributed by atoms with Crippen LogP contribution in [0.15, 0.2) is 45.4 Å². The van der Waals surface area contributed by atoms with E-state index in [1.165, 1.54) is 5.56 Å². The molecular formula is C12H9ISSe. The van der Waals surface area contributed by atoms with Crippen LogP contribution in [0.3, 0.4) is 0 Å². The van der Waals surface area contributed by atoms with Crippen molar-refractivity contribution in [2.24, 2.45) is 5.92 Å². The van der Waals surface area contributed by atoms with Gasteiger partial charge in [-0.15, -0.1) is 0 Å². The van der Waals surface area contributed by atoms with Gasteiger partial charge in [0.05, 0.1) is 0 Å². The van der Waals surface area contributed by atoms with Crippen molar-refractivity contribution in [3.63, 3.8) is 0 Å². The zero-order valence-corrected chi connectivity index (χ0v) is 12.6. The molecule has 15 heavy (non-hydrogen) atoms. The summed E-state index contributed by atoms with van der Waals surface area (Å²) < 4.78 is 4.03. The molecule has 0 aliphatic carbocycles. The fraction of sp³-hybridized carbons (Fsp3) is 0.167. The van der Waals surface area contributed by atoms with Crippen molar-refractivity contribution in [2.45, 2.75) is 4.15 Å². The Morgan fingerprint density at radius 2 is 2.00 bits per heavy atom. The summed E-state index contributed by atoms with van der Waals surface area (Å²) in [5.74, 6) is 0.714. The Kier molecular flexibility index (Phi) is 2.99. The second-order valence-corrected chi connectivity index (χ2v) is 8.82. The summed E-state index contributed by atoms with van der Waals surface area (Å²) in [6, 6.07) is 10.9. The van der Waals surface area contributed by atoms with Crippen molar-refractivity contribution in [3.8, 4) is 0 Å². The van der Waals surface area contributed by atoms with Gasteiger partial charge < -0.3 is 0 Å². The minimum atomic E-state index is 0.636. The summed E-state index contributed by atoms with van der Waals surface area (Å²) in [5.41, 5.74) is 1.44. The van der Waals surface area contributed by atoms with E-state index in [0.717, 1.165) is 4.15 Å². The maximum absolute atomic E-state index is 2.55. The molecule has 0 amide bonds. The molecule has 2 heterocycles. The van der Waals surface area contributed by atoms with Crippen molar-refractivity contribution < 1.29 is 0 Å². The van der Waals surface area contributed by atoms with Gasteiger partial charge in [0.1, 0.15) is 0 Å². The summed E-state index contributed by atoms with van der Waals surface area (Å²) in [6.45, 7) is 0. The minimum absolute atomic E-state index is 0.636. The van der Waals surface area contributed by atoms with E-state index < -0.39 is 0 Å². The Hall–Kier alpha value is 0.299. The van der Waals surface area contributed by atoms with Crippen molar-refractivity contribution >= 4 is 53.8 Å². The standard InChI is InChI=1S/C12H9ISSe/c13-10-9-6-7-14-12(9)15-11(10)8-4-2-1-3-5-8/h1-7,9,12H. The molecule has 1 aromatic rings. The molecule has 0 saturated heterocycles. The Morgan fingerprint density at radius 3 is 2.73 bits per heavy atom. The first-order chi connectivity index (χ1) is 7.36. The molecule has 3 heteroatoms. The second-order valence-electron chi connectivity index (χ2n) is 3.52. The van der Waals surface area contributed by atoms with Crippen LogP contribution in [-0.2, 0) is 0 Å². The van der Waals surface area contributed by atoms with Crippen molar-refractivity contribution in [3.05, 3.63) is 51.0 Å². The Labute approximate surface area is 114 Å². The number of thioether (sulfide) groups is 1. The third-order valence-electron chi connectivity index (χ3n) is 2.57. The molecule has 0 N–H and O–H groups in total. The van der Waals surface area contributed by atoms with Crippen molar-refractivity contribution in [1.82, 2.24) is 0 Å². The first-order valence-corrected chi connectivity index (χ1v) is 8.67. The third-order valence-corrected chi connectivity index (χ3v) is 9.28. The summed E-state index contributed by atoms with van der Waals surface area (Å²) in [7, 11) is 0. The van der Waals surface area contributed by atoms with Crippen LogP contribution >= 0.6 is 34.4 Å². The SMILES string of the molecule is IC1=C(c2ccccc2)[Se]C2SC=CC12. The van der Waals surface area contributed by atoms with E-state index in [-0.39, 0.29) is 0 Å². The predicted octanol–water partition coefficient (Wildman–Crippen LogP) is 3.71. The van der Waals surface area contributed by atoms with Gasteiger partial charge >= 0.3 is 115 Å². The monoisotopic (exact) mass is 392 g/mol. The number of allylic oxidation sites excluding steroid dienone is 2. The molecule has 0 fully saturated rings. The maximum atomic E-state index is 2.55. The number of fused-ring (bicyclic) bond motifs is 1. The molecule has 3 rings (SSSR count). The summed E-state index contributed by atoms with van der Waals surface area (Å²) in [6.07, 6.45) is 2.37. The average Bonchev–Trinajstić information content (AvgIpc) is 2.83. The molecule has 2 unspecified atom stereocenters. The van der Waals surface area contributed by atoms with Gasteiger partial charge in [0.2, 0.25) is 0 Å². The molecular weight excluding hydrogens is 382 g/mol. The molecule has 1 aromatic carbocycles. The van der Waals surface area contributed by atoms with Crippen molar-refractivity contribution in [2.75, 3.05) is 0 Å². The summed E-state index contributed by atoms with van der Waals surface area (Å²) in [5, 5.41) is 2.28. The Balaban J connectivity index is 2.01. The molecule has 2 aliphatic rings. The molecule has 0 nitrogen and oxygen atoms in total. The van der Waals surface area contributed by atoms with Gasteiger partial charge in [0.25, 0.3) is 0 Å². The molecule has 0 spiro atoms.